The zero-order valence-corrected chi connectivity index (χ0v) is 8.62. The van der Waals surface area contributed by atoms with Crippen LogP contribution in [0.4, 0.5) is 0 Å². The van der Waals surface area contributed by atoms with Gasteiger partial charge in [-0.25, -0.2) is 0 Å². The lowest BCUT2D eigenvalue weighted by Gasteiger charge is -2.37. The third-order valence-corrected chi connectivity index (χ3v) is 2.57. The fraction of sp³-hybridized carbons (Fsp3) is 0.889. The average Bonchev–Trinajstić information content (AvgIpc) is 2.16. The molecule has 1 aliphatic heterocycles. The van der Waals surface area contributed by atoms with Crippen molar-refractivity contribution in [3.8, 4) is 0 Å². The quantitative estimate of drug-likeness (QED) is 0.559. The highest BCUT2D eigenvalue weighted by molar-refractivity contribution is 5.76. The summed E-state index contributed by atoms with van der Waals surface area (Å²) in [6.07, 6.45) is 0. The summed E-state index contributed by atoms with van der Waals surface area (Å²) in [7, 11) is 3.48. The van der Waals surface area contributed by atoms with Crippen molar-refractivity contribution in [1.82, 2.24) is 9.80 Å². The molecule has 13 heavy (non-hydrogen) atoms. The Labute approximate surface area is 79.4 Å². The van der Waals surface area contributed by atoms with Gasteiger partial charge in [-0.05, 0) is 13.6 Å². The molecule has 0 radical (unpaired) electrons. The monoisotopic (exact) mass is 186 g/mol. The maximum atomic E-state index is 11.4. The van der Waals surface area contributed by atoms with Gasteiger partial charge in [0, 0.05) is 19.6 Å². The second-order valence-electron chi connectivity index (χ2n) is 3.43. The Kier molecular flexibility index (Phi) is 3.69. The molecule has 1 aliphatic rings. The van der Waals surface area contributed by atoms with E-state index in [4.69, 9.17) is 4.74 Å². The topological polar surface area (TPSA) is 32.8 Å². The summed E-state index contributed by atoms with van der Waals surface area (Å²) in [6.45, 7) is 5.74. The third-order valence-electron chi connectivity index (χ3n) is 2.57. The van der Waals surface area contributed by atoms with Crippen molar-refractivity contribution in [2.45, 2.75) is 13.0 Å². The summed E-state index contributed by atoms with van der Waals surface area (Å²) < 4.78 is 4.76. The first-order valence-corrected chi connectivity index (χ1v) is 4.69. The van der Waals surface area contributed by atoms with E-state index in [1.807, 2.05) is 7.05 Å². The van der Waals surface area contributed by atoms with Gasteiger partial charge in [-0.15, -0.1) is 0 Å². The van der Waals surface area contributed by atoms with Gasteiger partial charge in [-0.3, -0.25) is 9.69 Å². The van der Waals surface area contributed by atoms with Gasteiger partial charge in [0.2, 0.25) is 0 Å². The van der Waals surface area contributed by atoms with Gasteiger partial charge < -0.3 is 9.64 Å². The van der Waals surface area contributed by atoms with Gasteiger partial charge in [-0.1, -0.05) is 6.92 Å². The van der Waals surface area contributed by atoms with E-state index in [1.165, 1.54) is 7.11 Å². The molecule has 0 N–H and O–H groups in total. The number of hydrogen-bond donors (Lipinski definition) is 0. The largest absolute Gasteiger partial charge is 0.468 e. The van der Waals surface area contributed by atoms with Crippen LogP contribution in [0.5, 0.6) is 0 Å². The number of ether oxygens (including phenoxy) is 1. The highest BCUT2D eigenvalue weighted by Crippen LogP contribution is 2.08. The zero-order valence-electron chi connectivity index (χ0n) is 8.62. The fourth-order valence-electron chi connectivity index (χ4n) is 1.70. The molecule has 0 aromatic heterocycles. The first-order chi connectivity index (χ1) is 6.19. The second-order valence-corrected chi connectivity index (χ2v) is 3.43. The van der Waals surface area contributed by atoms with Crippen LogP contribution in [0.15, 0.2) is 0 Å². The van der Waals surface area contributed by atoms with E-state index >= 15 is 0 Å². The second kappa shape index (κ2) is 4.58. The van der Waals surface area contributed by atoms with E-state index in [0.717, 1.165) is 26.2 Å². The van der Waals surface area contributed by atoms with Gasteiger partial charge in [0.15, 0.2) is 0 Å². The van der Waals surface area contributed by atoms with Crippen molar-refractivity contribution in [2.24, 2.45) is 0 Å². The van der Waals surface area contributed by atoms with E-state index in [-0.39, 0.29) is 12.0 Å². The summed E-state index contributed by atoms with van der Waals surface area (Å²) >= 11 is 0. The lowest BCUT2D eigenvalue weighted by atomic mass is 10.2. The van der Waals surface area contributed by atoms with Crippen molar-refractivity contribution in [3.63, 3.8) is 0 Å². The molecule has 0 aliphatic carbocycles. The molecule has 0 bridgehead atoms. The van der Waals surface area contributed by atoms with Crippen LogP contribution >= 0.6 is 0 Å². The highest BCUT2D eigenvalue weighted by Gasteiger charge is 2.30. The van der Waals surface area contributed by atoms with Gasteiger partial charge in [0.25, 0.3) is 0 Å². The number of hydrogen-bond acceptors (Lipinski definition) is 4. The lowest BCUT2D eigenvalue weighted by Crippen LogP contribution is -2.55. The molecule has 0 spiro atoms. The van der Waals surface area contributed by atoms with Crippen LogP contribution in [0.3, 0.4) is 0 Å². The molecule has 4 heteroatoms. The number of carbonyl (C=O) groups is 1. The summed E-state index contributed by atoms with van der Waals surface area (Å²) in [4.78, 5) is 15.7. The third kappa shape index (κ3) is 2.42. The minimum atomic E-state index is -0.117. The van der Waals surface area contributed by atoms with Crippen LogP contribution in [-0.2, 0) is 9.53 Å². The van der Waals surface area contributed by atoms with Gasteiger partial charge in [-0.2, -0.15) is 0 Å². The molecule has 4 nitrogen and oxygen atoms in total. The number of methoxy groups -OCH3 is 1. The number of rotatable bonds is 2. The fourth-order valence-corrected chi connectivity index (χ4v) is 1.70. The smallest absolute Gasteiger partial charge is 0.324 e. The number of esters is 1. The van der Waals surface area contributed by atoms with Gasteiger partial charge >= 0.3 is 5.97 Å². The number of piperazine rings is 1. The predicted molar refractivity (Wildman–Crippen MR) is 50.5 cm³/mol. The van der Waals surface area contributed by atoms with Gasteiger partial charge in [0.1, 0.15) is 6.04 Å². The first-order valence-electron chi connectivity index (χ1n) is 4.69. The summed E-state index contributed by atoms with van der Waals surface area (Å²) in [5, 5.41) is 0. The SMILES string of the molecule is CCN1CCN(C)CC1C(=O)OC. The maximum Gasteiger partial charge on any atom is 0.324 e. The van der Waals surface area contributed by atoms with Crippen LogP contribution in [0.1, 0.15) is 6.92 Å². The molecule has 1 rings (SSSR count). The van der Waals surface area contributed by atoms with E-state index in [9.17, 15) is 4.79 Å². The molecule has 1 fully saturated rings. The van der Waals surface area contributed by atoms with Gasteiger partial charge in [0.05, 0.1) is 7.11 Å². The standard InChI is InChI=1S/C9H18N2O2/c1-4-11-6-5-10(2)7-8(11)9(12)13-3/h8H,4-7H2,1-3H3. The molecule has 0 amide bonds. The van der Waals surface area contributed by atoms with Crippen LogP contribution in [0, 0.1) is 0 Å². The van der Waals surface area contributed by atoms with Crippen LogP contribution in [0.25, 0.3) is 0 Å². The minimum absolute atomic E-state index is 0.0752. The molecule has 1 unspecified atom stereocenters. The zero-order chi connectivity index (χ0) is 9.84. The Hall–Kier alpha value is -0.610. The Balaban J connectivity index is 2.59. The normalized spacial score (nSPS) is 25.9. The predicted octanol–water partition coefficient (Wildman–Crippen LogP) is -0.205. The molecule has 1 atom stereocenters. The molecule has 0 saturated carbocycles. The summed E-state index contributed by atoms with van der Waals surface area (Å²) in [5.41, 5.74) is 0. The van der Waals surface area contributed by atoms with Crippen molar-refractivity contribution >= 4 is 5.97 Å². The summed E-state index contributed by atoms with van der Waals surface area (Å²) in [5.74, 6) is -0.117. The van der Waals surface area contributed by atoms with E-state index < -0.39 is 0 Å². The molecule has 0 aromatic carbocycles. The number of likely N-dealkylation sites (N-methyl/N-ethyl adjacent to an activating group) is 2. The van der Waals surface area contributed by atoms with Crippen LogP contribution in [-0.4, -0.2) is 62.1 Å². The number of nitrogens with zero attached hydrogens (tertiary/aromatic N) is 2. The minimum Gasteiger partial charge on any atom is -0.468 e. The molecule has 76 valence electrons. The maximum absolute atomic E-state index is 11.4. The van der Waals surface area contributed by atoms with Crippen molar-refractivity contribution in [2.75, 3.05) is 40.3 Å². The van der Waals surface area contributed by atoms with Crippen LogP contribution < -0.4 is 0 Å². The highest BCUT2D eigenvalue weighted by atomic mass is 16.5. The Morgan fingerprint density at radius 3 is 2.77 bits per heavy atom. The Morgan fingerprint density at radius 2 is 2.23 bits per heavy atom. The van der Waals surface area contributed by atoms with Crippen molar-refractivity contribution in [1.29, 1.82) is 0 Å². The molecule has 1 heterocycles. The lowest BCUT2D eigenvalue weighted by molar-refractivity contribution is -0.149. The first kappa shape index (κ1) is 10.5. The molecular formula is C9H18N2O2. The number of carbonyl (C=O) groups excluding carboxylic acids is 1. The average molecular weight is 186 g/mol. The van der Waals surface area contributed by atoms with E-state index in [0.29, 0.717) is 0 Å². The molecular weight excluding hydrogens is 168 g/mol. The Morgan fingerprint density at radius 1 is 1.54 bits per heavy atom. The van der Waals surface area contributed by atoms with E-state index in [2.05, 4.69) is 16.7 Å². The Bertz CT molecular complexity index is 184. The van der Waals surface area contributed by atoms with Crippen molar-refractivity contribution < 1.29 is 9.53 Å². The summed E-state index contributed by atoms with van der Waals surface area (Å²) in [6, 6.07) is -0.0752. The van der Waals surface area contributed by atoms with Crippen LogP contribution in [0.2, 0.25) is 0 Å². The van der Waals surface area contributed by atoms with Crippen molar-refractivity contribution in [3.05, 3.63) is 0 Å². The molecule has 1 saturated heterocycles. The van der Waals surface area contributed by atoms with E-state index in [1.54, 1.807) is 0 Å². The molecule has 0 aromatic rings.